The molecule has 0 saturated carbocycles. The molecule has 0 bridgehead atoms. The fourth-order valence-corrected chi connectivity index (χ4v) is 3.79. The monoisotopic (exact) mass is 571 g/mol. The normalized spacial score (nSPS) is 14.9. The molecule has 1 aromatic heterocycles. The molecule has 0 radical (unpaired) electrons. The number of pyridine rings is 1. The van der Waals surface area contributed by atoms with E-state index in [-0.39, 0.29) is 35.8 Å². The number of carbonyl (C=O) groups is 1. The Hall–Kier alpha value is -3.14. The van der Waals surface area contributed by atoms with Gasteiger partial charge in [-0.2, -0.15) is 0 Å². The highest BCUT2D eigenvalue weighted by molar-refractivity contribution is 14.0. The van der Waals surface area contributed by atoms with Crippen LogP contribution < -0.4 is 20.7 Å². The van der Waals surface area contributed by atoms with Gasteiger partial charge in [0.2, 0.25) is 5.91 Å². The quantitative estimate of drug-likeness (QED) is 0.211. The number of anilines is 1. The SMILES string of the molecule is CCNC(=NCc1cccc(OCc2ccccn2)c1)NCC1CC(=O)Nc2ccccc21.I. The Bertz CT molecular complexity index is 1110. The van der Waals surface area contributed by atoms with E-state index in [9.17, 15) is 4.79 Å². The second kappa shape index (κ2) is 12.9. The Kier molecular flexibility index (Phi) is 9.69. The zero-order valence-corrected chi connectivity index (χ0v) is 21.5. The number of nitrogens with one attached hydrogen (secondary N) is 3. The van der Waals surface area contributed by atoms with Gasteiger partial charge >= 0.3 is 0 Å². The molecule has 0 saturated heterocycles. The number of nitrogens with zero attached hydrogens (tertiary/aromatic N) is 2. The highest BCUT2D eigenvalue weighted by Crippen LogP contribution is 2.31. The molecular weight excluding hydrogens is 541 g/mol. The Morgan fingerprint density at radius 3 is 2.79 bits per heavy atom. The lowest BCUT2D eigenvalue weighted by molar-refractivity contribution is -0.116. The van der Waals surface area contributed by atoms with Crippen LogP contribution in [-0.2, 0) is 17.9 Å². The topological polar surface area (TPSA) is 87.6 Å². The molecule has 0 aliphatic carbocycles. The van der Waals surface area contributed by atoms with Crippen molar-refractivity contribution in [2.45, 2.75) is 32.4 Å². The van der Waals surface area contributed by atoms with E-state index in [2.05, 4.69) is 27.0 Å². The van der Waals surface area contributed by atoms with Gasteiger partial charge in [0.25, 0.3) is 0 Å². The van der Waals surface area contributed by atoms with Crippen molar-refractivity contribution in [2.24, 2.45) is 4.99 Å². The van der Waals surface area contributed by atoms with Crippen LogP contribution in [0.5, 0.6) is 5.75 Å². The number of benzene rings is 2. The summed E-state index contributed by atoms with van der Waals surface area (Å²) in [5.74, 6) is 1.66. The first kappa shape index (κ1) is 25.5. The number of aromatic nitrogens is 1. The molecule has 34 heavy (non-hydrogen) atoms. The maximum atomic E-state index is 12.1. The van der Waals surface area contributed by atoms with Crippen LogP contribution >= 0.6 is 24.0 Å². The smallest absolute Gasteiger partial charge is 0.225 e. The van der Waals surface area contributed by atoms with Crippen LogP contribution in [0.4, 0.5) is 5.69 Å². The van der Waals surface area contributed by atoms with E-state index in [0.717, 1.165) is 40.8 Å². The van der Waals surface area contributed by atoms with Gasteiger partial charge in [-0.15, -0.1) is 24.0 Å². The molecule has 1 aliphatic rings. The lowest BCUT2D eigenvalue weighted by atomic mass is 9.90. The van der Waals surface area contributed by atoms with Gasteiger partial charge in [-0.05, 0) is 48.4 Å². The Balaban J connectivity index is 0.00000324. The maximum Gasteiger partial charge on any atom is 0.225 e. The van der Waals surface area contributed by atoms with Crippen molar-refractivity contribution in [3.63, 3.8) is 0 Å². The molecule has 3 N–H and O–H groups in total. The highest BCUT2D eigenvalue weighted by atomic mass is 127. The minimum Gasteiger partial charge on any atom is -0.487 e. The van der Waals surface area contributed by atoms with E-state index in [0.29, 0.717) is 26.1 Å². The zero-order chi connectivity index (χ0) is 22.9. The molecule has 7 nitrogen and oxygen atoms in total. The van der Waals surface area contributed by atoms with Gasteiger partial charge in [0.15, 0.2) is 5.96 Å². The number of amides is 1. The summed E-state index contributed by atoms with van der Waals surface area (Å²) in [6.45, 7) is 4.35. The minimum absolute atomic E-state index is 0. The van der Waals surface area contributed by atoms with Crippen molar-refractivity contribution in [2.75, 3.05) is 18.4 Å². The summed E-state index contributed by atoms with van der Waals surface area (Å²) < 4.78 is 5.88. The van der Waals surface area contributed by atoms with E-state index in [1.165, 1.54) is 0 Å². The van der Waals surface area contributed by atoms with Gasteiger partial charge < -0.3 is 20.7 Å². The average Bonchev–Trinajstić information content (AvgIpc) is 2.85. The third kappa shape index (κ3) is 7.18. The first-order valence-electron chi connectivity index (χ1n) is 11.2. The number of guanidine groups is 1. The van der Waals surface area contributed by atoms with Crippen molar-refractivity contribution in [1.82, 2.24) is 15.6 Å². The average molecular weight is 571 g/mol. The van der Waals surface area contributed by atoms with Crippen molar-refractivity contribution in [3.8, 4) is 5.75 Å². The summed E-state index contributed by atoms with van der Waals surface area (Å²) in [4.78, 5) is 21.1. The van der Waals surface area contributed by atoms with Crippen molar-refractivity contribution in [1.29, 1.82) is 0 Å². The van der Waals surface area contributed by atoms with E-state index < -0.39 is 0 Å². The Morgan fingerprint density at radius 1 is 1.12 bits per heavy atom. The molecule has 2 heterocycles. The summed E-state index contributed by atoms with van der Waals surface area (Å²) >= 11 is 0. The number of hydrogen-bond acceptors (Lipinski definition) is 4. The summed E-state index contributed by atoms with van der Waals surface area (Å²) in [6.07, 6.45) is 2.22. The molecule has 8 heteroatoms. The van der Waals surface area contributed by atoms with Crippen molar-refractivity contribution < 1.29 is 9.53 Å². The predicted molar refractivity (Wildman–Crippen MR) is 146 cm³/mol. The van der Waals surface area contributed by atoms with Crippen LogP contribution in [0, 0.1) is 0 Å². The summed E-state index contributed by atoms with van der Waals surface area (Å²) in [5.41, 5.74) is 3.98. The molecular formula is C26H30IN5O2. The predicted octanol–water partition coefficient (Wildman–Crippen LogP) is 4.46. The van der Waals surface area contributed by atoms with E-state index in [1.807, 2.05) is 67.6 Å². The van der Waals surface area contributed by atoms with Gasteiger partial charge in [-0.25, -0.2) is 4.99 Å². The second-order valence-electron chi connectivity index (χ2n) is 7.87. The summed E-state index contributed by atoms with van der Waals surface area (Å²) in [6, 6.07) is 21.7. The van der Waals surface area contributed by atoms with Crippen LogP contribution in [0.1, 0.15) is 36.1 Å². The van der Waals surface area contributed by atoms with Crippen LogP contribution in [-0.4, -0.2) is 29.9 Å². The summed E-state index contributed by atoms with van der Waals surface area (Å²) in [5, 5.41) is 9.64. The first-order chi connectivity index (χ1) is 16.2. The lowest BCUT2D eigenvalue weighted by Gasteiger charge is -2.26. The lowest BCUT2D eigenvalue weighted by Crippen LogP contribution is -2.40. The molecule has 1 amide bonds. The first-order valence-corrected chi connectivity index (χ1v) is 11.2. The molecule has 1 aliphatic heterocycles. The van der Waals surface area contributed by atoms with Crippen LogP contribution in [0.3, 0.4) is 0 Å². The van der Waals surface area contributed by atoms with Crippen LogP contribution in [0.2, 0.25) is 0 Å². The number of halogens is 1. The Labute approximate surface area is 217 Å². The van der Waals surface area contributed by atoms with Crippen molar-refractivity contribution >= 4 is 41.5 Å². The van der Waals surface area contributed by atoms with Gasteiger partial charge in [0.1, 0.15) is 12.4 Å². The number of ether oxygens (including phenoxy) is 1. The molecule has 0 fully saturated rings. The van der Waals surface area contributed by atoms with E-state index >= 15 is 0 Å². The standard InChI is InChI=1S/C26H29N5O2.HI/c1-2-27-26(30-17-20-15-25(32)31-24-12-4-3-11-23(20)24)29-16-19-8-7-10-22(14-19)33-18-21-9-5-6-13-28-21;/h3-14,20H,2,15-18H2,1H3,(H,31,32)(H2,27,29,30);1H. The third-order valence-corrected chi connectivity index (χ3v) is 5.40. The van der Waals surface area contributed by atoms with E-state index in [4.69, 9.17) is 9.73 Å². The largest absolute Gasteiger partial charge is 0.487 e. The number of hydrogen-bond donors (Lipinski definition) is 3. The van der Waals surface area contributed by atoms with Crippen molar-refractivity contribution in [3.05, 3.63) is 89.7 Å². The second-order valence-corrected chi connectivity index (χ2v) is 7.87. The molecule has 4 rings (SSSR count). The van der Waals surface area contributed by atoms with Gasteiger partial charge in [0, 0.05) is 37.3 Å². The van der Waals surface area contributed by atoms with Crippen LogP contribution in [0.25, 0.3) is 0 Å². The zero-order valence-electron chi connectivity index (χ0n) is 19.2. The molecule has 3 aromatic rings. The fourth-order valence-electron chi connectivity index (χ4n) is 3.79. The van der Waals surface area contributed by atoms with Gasteiger partial charge in [-0.1, -0.05) is 36.4 Å². The molecule has 178 valence electrons. The minimum atomic E-state index is 0. The fraction of sp³-hybridized carbons (Fsp3) is 0.269. The number of para-hydroxylation sites is 1. The molecule has 2 aromatic carbocycles. The highest BCUT2D eigenvalue weighted by Gasteiger charge is 2.24. The number of rotatable bonds is 8. The summed E-state index contributed by atoms with van der Waals surface area (Å²) in [7, 11) is 0. The third-order valence-electron chi connectivity index (χ3n) is 5.40. The molecule has 1 unspecified atom stereocenters. The number of aliphatic imine (C=N–C) groups is 1. The maximum absolute atomic E-state index is 12.1. The number of carbonyl (C=O) groups excluding carboxylic acids is 1. The Morgan fingerprint density at radius 2 is 1.97 bits per heavy atom. The molecule has 1 atom stereocenters. The van der Waals surface area contributed by atoms with E-state index in [1.54, 1.807) is 6.20 Å². The number of fused-ring (bicyclic) bond motifs is 1. The molecule has 0 spiro atoms. The van der Waals surface area contributed by atoms with Gasteiger partial charge in [0.05, 0.1) is 12.2 Å². The van der Waals surface area contributed by atoms with Crippen LogP contribution in [0.15, 0.2) is 77.9 Å². The van der Waals surface area contributed by atoms with Gasteiger partial charge in [-0.3, -0.25) is 9.78 Å².